The maximum atomic E-state index is 13.2. The van der Waals surface area contributed by atoms with Gasteiger partial charge in [-0.2, -0.15) is 4.31 Å². The van der Waals surface area contributed by atoms with E-state index in [4.69, 9.17) is 11.6 Å². The lowest BCUT2D eigenvalue weighted by atomic mass is 9.95. The van der Waals surface area contributed by atoms with E-state index in [1.807, 2.05) is 24.3 Å². The van der Waals surface area contributed by atoms with Crippen molar-refractivity contribution in [1.29, 1.82) is 0 Å². The van der Waals surface area contributed by atoms with Gasteiger partial charge in [-0.3, -0.25) is 4.79 Å². The second-order valence-corrected chi connectivity index (χ2v) is 9.10. The third kappa shape index (κ3) is 3.37. The smallest absolute Gasteiger partial charge is 0.244 e. The summed E-state index contributed by atoms with van der Waals surface area (Å²) in [5, 5.41) is 3.42. The SMILES string of the molecule is O=C(NC1CC1)C1Cc2ccccc2CN1S(=O)(=O)c1ccc(Cl)cc1. The highest BCUT2D eigenvalue weighted by molar-refractivity contribution is 7.89. The third-order valence-corrected chi connectivity index (χ3v) is 6.97. The van der Waals surface area contributed by atoms with Crippen molar-refractivity contribution in [3.05, 3.63) is 64.7 Å². The molecule has 4 rings (SSSR count). The quantitative estimate of drug-likeness (QED) is 0.872. The van der Waals surface area contributed by atoms with Gasteiger partial charge < -0.3 is 5.32 Å². The summed E-state index contributed by atoms with van der Waals surface area (Å²) >= 11 is 5.89. The predicted molar refractivity (Wildman–Crippen MR) is 99.3 cm³/mol. The van der Waals surface area contributed by atoms with Crippen LogP contribution in [-0.2, 0) is 27.8 Å². The molecule has 2 aromatic rings. The average Bonchev–Trinajstić information content (AvgIpc) is 3.45. The maximum absolute atomic E-state index is 13.2. The molecule has 1 saturated carbocycles. The van der Waals surface area contributed by atoms with Crippen molar-refractivity contribution in [3.8, 4) is 0 Å². The molecule has 2 aromatic carbocycles. The number of hydrogen-bond acceptors (Lipinski definition) is 3. The Hall–Kier alpha value is -1.89. The highest BCUT2D eigenvalue weighted by Crippen LogP contribution is 2.30. The molecule has 1 unspecified atom stereocenters. The van der Waals surface area contributed by atoms with E-state index in [2.05, 4.69) is 5.32 Å². The number of halogens is 1. The van der Waals surface area contributed by atoms with Gasteiger partial charge in [0.05, 0.1) is 4.90 Å². The number of sulfonamides is 1. The molecular formula is C19H19ClN2O3S. The van der Waals surface area contributed by atoms with Gasteiger partial charge in [-0.1, -0.05) is 35.9 Å². The van der Waals surface area contributed by atoms with Gasteiger partial charge in [0.15, 0.2) is 0 Å². The van der Waals surface area contributed by atoms with Crippen LogP contribution in [0.15, 0.2) is 53.4 Å². The van der Waals surface area contributed by atoms with Gasteiger partial charge in [-0.05, 0) is 54.7 Å². The third-order valence-electron chi connectivity index (χ3n) is 4.85. The fraction of sp³-hybridized carbons (Fsp3) is 0.316. The molecule has 26 heavy (non-hydrogen) atoms. The first-order valence-electron chi connectivity index (χ1n) is 8.60. The summed E-state index contributed by atoms with van der Waals surface area (Å²) in [6, 6.07) is 13.2. The standard InChI is InChI=1S/C19H19ClN2O3S/c20-15-5-9-17(10-6-15)26(24,25)22-12-14-4-2-1-3-13(14)11-18(22)19(23)21-16-7-8-16/h1-6,9-10,16,18H,7-8,11-12H2,(H,21,23). The molecule has 1 amide bonds. The molecule has 1 fully saturated rings. The second-order valence-electron chi connectivity index (χ2n) is 6.78. The molecule has 136 valence electrons. The summed E-state index contributed by atoms with van der Waals surface area (Å²) in [6.45, 7) is 0.184. The van der Waals surface area contributed by atoms with Crippen molar-refractivity contribution in [2.24, 2.45) is 0 Å². The van der Waals surface area contributed by atoms with E-state index in [1.54, 1.807) is 12.1 Å². The van der Waals surface area contributed by atoms with E-state index in [-0.39, 0.29) is 23.4 Å². The summed E-state index contributed by atoms with van der Waals surface area (Å²) in [7, 11) is -3.82. The molecule has 1 aliphatic heterocycles. The lowest BCUT2D eigenvalue weighted by Gasteiger charge is -2.35. The Morgan fingerprint density at radius 2 is 1.69 bits per heavy atom. The van der Waals surface area contributed by atoms with E-state index >= 15 is 0 Å². The second kappa shape index (κ2) is 6.68. The Morgan fingerprint density at radius 3 is 2.35 bits per heavy atom. The fourth-order valence-corrected chi connectivity index (χ4v) is 4.93. The highest BCUT2D eigenvalue weighted by atomic mass is 35.5. The van der Waals surface area contributed by atoms with Gasteiger partial charge in [0.25, 0.3) is 0 Å². The molecule has 5 nitrogen and oxygen atoms in total. The number of nitrogens with zero attached hydrogens (tertiary/aromatic N) is 1. The van der Waals surface area contributed by atoms with Gasteiger partial charge in [-0.25, -0.2) is 8.42 Å². The minimum absolute atomic E-state index is 0.144. The Balaban J connectivity index is 1.72. The Kier molecular flexibility index (Phi) is 4.50. The van der Waals surface area contributed by atoms with Crippen LogP contribution in [0.3, 0.4) is 0 Å². The van der Waals surface area contributed by atoms with Gasteiger partial charge in [0, 0.05) is 17.6 Å². The largest absolute Gasteiger partial charge is 0.352 e. The summed E-state index contributed by atoms with van der Waals surface area (Å²) < 4.78 is 27.8. The molecule has 0 aromatic heterocycles. The summed E-state index contributed by atoms with van der Waals surface area (Å²) in [5.41, 5.74) is 1.95. The van der Waals surface area contributed by atoms with Crippen LogP contribution in [0.2, 0.25) is 5.02 Å². The lowest BCUT2D eigenvalue weighted by molar-refractivity contribution is -0.125. The number of carbonyl (C=O) groups excluding carboxylic acids is 1. The Bertz CT molecular complexity index is 940. The molecule has 1 N–H and O–H groups in total. The summed E-state index contributed by atoms with van der Waals surface area (Å²) in [5.74, 6) is -0.223. The zero-order valence-electron chi connectivity index (χ0n) is 14.1. The zero-order valence-corrected chi connectivity index (χ0v) is 15.6. The normalized spacial score (nSPS) is 20.4. The van der Waals surface area contributed by atoms with Gasteiger partial charge in [-0.15, -0.1) is 0 Å². The monoisotopic (exact) mass is 390 g/mol. The molecule has 2 aliphatic rings. The number of benzene rings is 2. The van der Waals surface area contributed by atoms with Crippen molar-refractivity contribution >= 4 is 27.5 Å². The predicted octanol–water partition coefficient (Wildman–Crippen LogP) is 2.73. The van der Waals surface area contributed by atoms with Crippen LogP contribution in [0, 0.1) is 0 Å². The molecule has 0 saturated heterocycles. The van der Waals surface area contributed by atoms with Crippen LogP contribution in [0.4, 0.5) is 0 Å². The number of fused-ring (bicyclic) bond motifs is 1. The van der Waals surface area contributed by atoms with E-state index in [1.165, 1.54) is 16.4 Å². The van der Waals surface area contributed by atoms with Crippen molar-refractivity contribution < 1.29 is 13.2 Å². The minimum Gasteiger partial charge on any atom is -0.352 e. The Morgan fingerprint density at radius 1 is 1.04 bits per heavy atom. The molecule has 1 atom stereocenters. The maximum Gasteiger partial charge on any atom is 0.244 e. The number of carbonyl (C=O) groups is 1. The average molecular weight is 391 g/mol. The molecule has 1 aliphatic carbocycles. The van der Waals surface area contributed by atoms with Crippen LogP contribution >= 0.6 is 11.6 Å². The van der Waals surface area contributed by atoms with Gasteiger partial charge in [0.2, 0.25) is 15.9 Å². The van der Waals surface area contributed by atoms with Crippen molar-refractivity contribution in [2.75, 3.05) is 0 Å². The lowest BCUT2D eigenvalue weighted by Crippen LogP contribution is -2.52. The van der Waals surface area contributed by atoms with Gasteiger partial charge >= 0.3 is 0 Å². The molecule has 0 radical (unpaired) electrons. The molecule has 1 heterocycles. The van der Waals surface area contributed by atoms with Crippen LogP contribution in [-0.4, -0.2) is 30.7 Å². The first-order chi connectivity index (χ1) is 12.4. The highest BCUT2D eigenvalue weighted by Gasteiger charge is 2.40. The minimum atomic E-state index is -3.82. The summed E-state index contributed by atoms with van der Waals surface area (Å²) in [4.78, 5) is 12.9. The number of rotatable bonds is 4. The van der Waals surface area contributed by atoms with Crippen LogP contribution in [0.25, 0.3) is 0 Å². The summed E-state index contributed by atoms with van der Waals surface area (Å²) in [6.07, 6.45) is 2.29. The zero-order chi connectivity index (χ0) is 18.3. The van der Waals surface area contributed by atoms with Crippen molar-refractivity contribution in [1.82, 2.24) is 9.62 Å². The molecule has 7 heteroatoms. The van der Waals surface area contributed by atoms with Crippen LogP contribution in [0.5, 0.6) is 0 Å². The molecule has 0 bridgehead atoms. The first-order valence-corrected chi connectivity index (χ1v) is 10.4. The number of amides is 1. The van der Waals surface area contributed by atoms with E-state index in [0.717, 1.165) is 24.0 Å². The fourth-order valence-electron chi connectivity index (χ4n) is 3.24. The van der Waals surface area contributed by atoms with Crippen LogP contribution < -0.4 is 5.32 Å². The van der Waals surface area contributed by atoms with Gasteiger partial charge in [0.1, 0.15) is 6.04 Å². The van der Waals surface area contributed by atoms with E-state index < -0.39 is 16.1 Å². The topological polar surface area (TPSA) is 66.5 Å². The number of hydrogen-bond donors (Lipinski definition) is 1. The van der Waals surface area contributed by atoms with E-state index in [0.29, 0.717) is 11.4 Å². The molecule has 0 spiro atoms. The van der Waals surface area contributed by atoms with Crippen molar-refractivity contribution in [2.45, 2.75) is 42.8 Å². The van der Waals surface area contributed by atoms with Crippen molar-refractivity contribution in [3.63, 3.8) is 0 Å². The van der Waals surface area contributed by atoms with E-state index in [9.17, 15) is 13.2 Å². The first kappa shape index (κ1) is 17.5. The number of nitrogens with one attached hydrogen (secondary N) is 1. The Labute approximate surface area is 158 Å². The molecular weight excluding hydrogens is 372 g/mol. The van der Waals surface area contributed by atoms with Crippen LogP contribution in [0.1, 0.15) is 24.0 Å².